The van der Waals surface area contributed by atoms with Gasteiger partial charge in [-0.15, -0.1) is 5.10 Å². The molecule has 0 N–H and O–H groups in total. The summed E-state index contributed by atoms with van der Waals surface area (Å²) < 4.78 is 6.05. The number of halogens is 1. The van der Waals surface area contributed by atoms with Crippen LogP contribution in [-0.4, -0.2) is 38.6 Å². The molecule has 112 valence electrons. The number of aromatic nitrogens is 3. The molecule has 0 bridgehead atoms. The minimum atomic E-state index is -0.506. The van der Waals surface area contributed by atoms with Crippen molar-refractivity contribution in [2.75, 3.05) is 7.05 Å². The number of hydrogen-bond donors (Lipinski definition) is 0. The average Bonchev–Trinajstić information content (AvgIpc) is 3.09. The first-order chi connectivity index (χ1) is 9.19. The third-order valence-electron chi connectivity index (χ3n) is 3.14. The quantitative estimate of drug-likeness (QED) is 0.843. The van der Waals surface area contributed by atoms with Gasteiger partial charge in [-0.1, -0.05) is 0 Å². The lowest BCUT2D eigenvalue weighted by Crippen LogP contribution is -2.36. The van der Waals surface area contributed by atoms with Crippen LogP contribution in [0.5, 0.6) is 0 Å². The van der Waals surface area contributed by atoms with Crippen LogP contribution in [0.1, 0.15) is 58.3 Å². The van der Waals surface area contributed by atoms with Crippen LogP contribution in [0.15, 0.2) is 4.60 Å². The van der Waals surface area contributed by atoms with Crippen molar-refractivity contribution in [2.45, 2.75) is 58.2 Å². The monoisotopic (exact) mass is 344 g/mol. The van der Waals surface area contributed by atoms with Gasteiger partial charge < -0.3 is 9.64 Å². The van der Waals surface area contributed by atoms with Crippen LogP contribution in [0, 0.1) is 0 Å². The Morgan fingerprint density at radius 3 is 2.55 bits per heavy atom. The lowest BCUT2D eigenvalue weighted by Gasteiger charge is -2.27. The summed E-state index contributed by atoms with van der Waals surface area (Å²) in [7, 11) is 1.71. The fourth-order valence-corrected chi connectivity index (χ4v) is 2.29. The molecule has 1 amide bonds. The van der Waals surface area contributed by atoms with Crippen molar-refractivity contribution < 1.29 is 9.53 Å². The van der Waals surface area contributed by atoms with E-state index in [2.05, 4.69) is 26.1 Å². The summed E-state index contributed by atoms with van der Waals surface area (Å²) >= 11 is 3.42. The summed E-state index contributed by atoms with van der Waals surface area (Å²) in [6, 6.07) is 0.214. The van der Waals surface area contributed by atoms with Gasteiger partial charge in [0.05, 0.1) is 12.1 Å². The van der Waals surface area contributed by atoms with E-state index in [1.165, 1.54) is 4.90 Å². The fraction of sp³-hybridized carbons (Fsp3) is 0.769. The highest BCUT2D eigenvalue weighted by Gasteiger charge is 2.31. The number of amides is 1. The highest BCUT2D eigenvalue weighted by Crippen LogP contribution is 2.35. The number of carbonyl (C=O) groups is 1. The number of hydrogen-bond acceptors (Lipinski definition) is 4. The number of carbonyl (C=O) groups excluding carboxylic acids is 1. The normalized spacial score (nSPS) is 16.9. The van der Waals surface area contributed by atoms with E-state index >= 15 is 0 Å². The topological polar surface area (TPSA) is 60.2 Å². The largest absolute Gasteiger partial charge is 0.444 e. The highest BCUT2D eigenvalue weighted by atomic mass is 79.9. The van der Waals surface area contributed by atoms with Crippen molar-refractivity contribution in [3.05, 3.63) is 10.3 Å². The van der Waals surface area contributed by atoms with Crippen molar-refractivity contribution in [3.8, 4) is 0 Å². The van der Waals surface area contributed by atoms with Crippen LogP contribution >= 0.6 is 15.9 Å². The van der Waals surface area contributed by atoms with E-state index in [4.69, 9.17) is 4.74 Å². The maximum Gasteiger partial charge on any atom is 0.410 e. The Hall–Kier alpha value is -1.11. The maximum atomic E-state index is 12.1. The van der Waals surface area contributed by atoms with Crippen LogP contribution in [0.4, 0.5) is 4.79 Å². The lowest BCUT2D eigenvalue weighted by atomic mass is 10.2. The summed E-state index contributed by atoms with van der Waals surface area (Å²) in [5.74, 6) is 0. The van der Waals surface area contributed by atoms with E-state index in [1.807, 2.05) is 27.7 Å². The van der Waals surface area contributed by atoms with E-state index < -0.39 is 5.60 Å². The maximum absolute atomic E-state index is 12.1. The van der Waals surface area contributed by atoms with E-state index in [1.54, 1.807) is 11.8 Å². The van der Waals surface area contributed by atoms with Crippen molar-refractivity contribution in [2.24, 2.45) is 0 Å². The first kappa shape index (κ1) is 15.3. The second-order valence-electron chi connectivity index (χ2n) is 6.19. The minimum absolute atomic E-state index is 0.202. The molecule has 1 fully saturated rings. The molecule has 1 saturated carbocycles. The zero-order chi connectivity index (χ0) is 15.1. The van der Waals surface area contributed by atoms with Gasteiger partial charge in [0, 0.05) is 7.05 Å². The molecule has 0 saturated heterocycles. The predicted molar refractivity (Wildman–Crippen MR) is 78.4 cm³/mol. The van der Waals surface area contributed by atoms with Gasteiger partial charge in [-0.2, -0.15) is 9.90 Å². The first-order valence-corrected chi connectivity index (χ1v) is 7.56. The Morgan fingerprint density at radius 1 is 1.45 bits per heavy atom. The molecule has 0 spiro atoms. The molecular formula is C13H21BrN4O2. The SMILES string of the molecule is CC(c1nn(C2CC2)nc1Br)N(C)C(=O)OC(C)(C)C. The Balaban J connectivity index is 2.09. The highest BCUT2D eigenvalue weighted by molar-refractivity contribution is 9.10. The van der Waals surface area contributed by atoms with Gasteiger partial charge in [-0.3, -0.25) is 0 Å². The summed E-state index contributed by atoms with van der Waals surface area (Å²) in [5, 5.41) is 8.83. The van der Waals surface area contributed by atoms with Crippen LogP contribution in [0.3, 0.4) is 0 Å². The number of rotatable bonds is 3. The van der Waals surface area contributed by atoms with Crippen molar-refractivity contribution >= 4 is 22.0 Å². The van der Waals surface area contributed by atoms with E-state index in [-0.39, 0.29) is 12.1 Å². The van der Waals surface area contributed by atoms with Crippen molar-refractivity contribution in [1.82, 2.24) is 19.9 Å². The third kappa shape index (κ3) is 3.50. The molecule has 1 unspecified atom stereocenters. The standard InChI is InChI=1S/C13H21BrN4O2/c1-8(17(5)12(19)20-13(2,3)4)10-11(14)16-18(15-10)9-6-7-9/h8-9H,6-7H2,1-5H3. The van der Waals surface area contributed by atoms with Gasteiger partial charge in [-0.05, 0) is 56.5 Å². The number of nitrogens with zero attached hydrogens (tertiary/aromatic N) is 4. The van der Waals surface area contributed by atoms with Crippen LogP contribution in [0.25, 0.3) is 0 Å². The van der Waals surface area contributed by atoms with Crippen LogP contribution in [-0.2, 0) is 4.74 Å². The molecule has 1 aromatic rings. The summed E-state index contributed by atoms with van der Waals surface area (Å²) in [4.78, 5) is 15.3. The third-order valence-corrected chi connectivity index (χ3v) is 3.71. The molecule has 1 aromatic heterocycles. The van der Waals surface area contributed by atoms with Gasteiger partial charge in [0.15, 0.2) is 4.60 Å². The predicted octanol–water partition coefficient (Wildman–Crippen LogP) is 3.30. The Labute approximate surface area is 127 Å². The molecule has 0 aliphatic heterocycles. The summed E-state index contributed by atoms with van der Waals surface area (Å²) in [5.41, 5.74) is 0.249. The summed E-state index contributed by atoms with van der Waals surface area (Å²) in [6.45, 7) is 7.46. The Kier molecular flexibility index (Phi) is 4.09. The van der Waals surface area contributed by atoms with Crippen molar-refractivity contribution in [3.63, 3.8) is 0 Å². The van der Waals surface area contributed by atoms with Gasteiger partial charge >= 0.3 is 6.09 Å². The van der Waals surface area contributed by atoms with Crippen molar-refractivity contribution in [1.29, 1.82) is 0 Å². The second-order valence-corrected chi connectivity index (χ2v) is 6.95. The number of ether oxygens (including phenoxy) is 1. The van der Waals surface area contributed by atoms with Gasteiger partial charge in [0.25, 0.3) is 0 Å². The fourth-order valence-electron chi connectivity index (χ4n) is 1.72. The molecule has 0 radical (unpaired) electrons. The van der Waals surface area contributed by atoms with Gasteiger partial charge in [0.1, 0.15) is 11.3 Å². The van der Waals surface area contributed by atoms with Gasteiger partial charge in [-0.25, -0.2) is 4.79 Å². The molecular weight excluding hydrogens is 324 g/mol. The van der Waals surface area contributed by atoms with E-state index in [9.17, 15) is 4.79 Å². The molecule has 20 heavy (non-hydrogen) atoms. The second kappa shape index (κ2) is 5.35. The minimum Gasteiger partial charge on any atom is -0.444 e. The zero-order valence-electron chi connectivity index (χ0n) is 12.6. The van der Waals surface area contributed by atoms with E-state index in [0.29, 0.717) is 10.6 Å². The van der Waals surface area contributed by atoms with Crippen LogP contribution < -0.4 is 0 Å². The smallest absolute Gasteiger partial charge is 0.410 e. The molecule has 0 aromatic carbocycles. The first-order valence-electron chi connectivity index (χ1n) is 6.77. The average molecular weight is 345 g/mol. The molecule has 1 aliphatic rings. The molecule has 1 atom stereocenters. The zero-order valence-corrected chi connectivity index (χ0v) is 14.1. The van der Waals surface area contributed by atoms with Crippen LogP contribution in [0.2, 0.25) is 0 Å². The summed E-state index contributed by atoms with van der Waals surface area (Å²) in [6.07, 6.45) is 1.88. The molecule has 1 aliphatic carbocycles. The molecule has 2 rings (SSSR count). The molecule has 6 nitrogen and oxygen atoms in total. The van der Waals surface area contributed by atoms with Gasteiger partial charge in [0.2, 0.25) is 0 Å². The Morgan fingerprint density at radius 2 is 2.05 bits per heavy atom. The molecule has 7 heteroatoms. The Bertz CT molecular complexity index is 505. The lowest BCUT2D eigenvalue weighted by molar-refractivity contribution is 0.0230. The van der Waals surface area contributed by atoms with E-state index in [0.717, 1.165) is 18.5 Å². The molecule has 1 heterocycles.